The van der Waals surface area contributed by atoms with Crippen LogP contribution in [0.15, 0.2) is 72.8 Å². The highest BCUT2D eigenvalue weighted by Gasteiger charge is 2.15. The molecule has 2 amide bonds. The fourth-order valence-electron chi connectivity index (χ4n) is 2.70. The molecule has 6 nitrogen and oxygen atoms in total. The molecule has 2 N–H and O–H groups in total. The van der Waals surface area contributed by atoms with Crippen LogP contribution < -0.4 is 15.4 Å². The molecule has 7 heteroatoms. The highest BCUT2D eigenvalue weighted by Crippen LogP contribution is 2.27. The molecular weight excluding hydrogens is 404 g/mol. The molecule has 0 saturated heterocycles. The Balaban J connectivity index is 1.72. The second kappa shape index (κ2) is 10.4. The molecule has 0 aliphatic heterocycles. The van der Waals surface area contributed by atoms with Gasteiger partial charge >= 0.3 is 0 Å². The van der Waals surface area contributed by atoms with Crippen LogP contribution in [0.1, 0.15) is 20.7 Å². The van der Waals surface area contributed by atoms with Crippen molar-refractivity contribution < 1.29 is 19.1 Å². The van der Waals surface area contributed by atoms with E-state index in [4.69, 9.17) is 21.1 Å². The number of benzene rings is 3. The molecule has 0 spiro atoms. The Bertz CT molecular complexity index is 1020. The van der Waals surface area contributed by atoms with Gasteiger partial charge in [0.15, 0.2) is 0 Å². The molecule has 0 aliphatic carbocycles. The number of para-hydroxylation sites is 2. The van der Waals surface area contributed by atoms with Crippen molar-refractivity contribution in [3.05, 3.63) is 88.9 Å². The molecule has 0 heterocycles. The van der Waals surface area contributed by atoms with Crippen LogP contribution in [0.4, 0.5) is 5.69 Å². The summed E-state index contributed by atoms with van der Waals surface area (Å²) >= 11 is 6.24. The number of hydrogen-bond donors (Lipinski definition) is 2. The van der Waals surface area contributed by atoms with Crippen molar-refractivity contribution in [3.63, 3.8) is 0 Å². The van der Waals surface area contributed by atoms with Crippen LogP contribution in [0.2, 0.25) is 5.02 Å². The average Bonchev–Trinajstić information content (AvgIpc) is 2.75. The Hall–Kier alpha value is -3.35. The van der Waals surface area contributed by atoms with Gasteiger partial charge in [-0.25, -0.2) is 0 Å². The number of halogens is 1. The largest absolute Gasteiger partial charge is 0.457 e. The zero-order chi connectivity index (χ0) is 21.3. The molecule has 0 aliphatic rings. The van der Waals surface area contributed by atoms with E-state index in [-0.39, 0.29) is 16.8 Å². The van der Waals surface area contributed by atoms with Crippen LogP contribution >= 0.6 is 11.6 Å². The van der Waals surface area contributed by atoms with Crippen molar-refractivity contribution in [2.45, 2.75) is 0 Å². The van der Waals surface area contributed by atoms with Crippen LogP contribution in [-0.2, 0) is 4.74 Å². The summed E-state index contributed by atoms with van der Waals surface area (Å²) in [6, 6.07) is 20.9. The van der Waals surface area contributed by atoms with Crippen LogP contribution in [0.5, 0.6) is 11.5 Å². The molecule has 3 aromatic rings. The number of carbonyl (C=O) groups excluding carboxylic acids is 2. The van der Waals surface area contributed by atoms with Gasteiger partial charge in [-0.15, -0.1) is 0 Å². The standard InChI is InChI=1S/C23H21ClN2O4/c1-29-14-13-25-22(27)18-12-11-16(15-20(18)24)26-23(28)19-9-5-6-10-21(19)30-17-7-3-2-4-8-17/h2-12,15H,13-14H2,1H3,(H,25,27)(H,26,28). The van der Waals surface area contributed by atoms with E-state index in [2.05, 4.69) is 10.6 Å². The predicted octanol–water partition coefficient (Wildman–Crippen LogP) is 4.76. The molecule has 0 bridgehead atoms. The van der Waals surface area contributed by atoms with E-state index in [0.29, 0.717) is 41.5 Å². The predicted molar refractivity (Wildman–Crippen MR) is 117 cm³/mol. The Morgan fingerprint density at radius 2 is 1.63 bits per heavy atom. The SMILES string of the molecule is COCCNC(=O)c1ccc(NC(=O)c2ccccc2Oc2ccccc2)cc1Cl. The summed E-state index contributed by atoms with van der Waals surface area (Å²) in [6.07, 6.45) is 0. The molecule has 0 radical (unpaired) electrons. The summed E-state index contributed by atoms with van der Waals surface area (Å²) in [5, 5.41) is 5.73. The minimum Gasteiger partial charge on any atom is -0.457 e. The molecule has 3 rings (SSSR count). The van der Waals surface area contributed by atoms with Crippen molar-refractivity contribution >= 4 is 29.1 Å². The third-order valence-electron chi connectivity index (χ3n) is 4.17. The smallest absolute Gasteiger partial charge is 0.259 e. The first kappa shape index (κ1) is 21.4. The summed E-state index contributed by atoms with van der Waals surface area (Å²) in [7, 11) is 1.56. The minimum atomic E-state index is -0.352. The maximum Gasteiger partial charge on any atom is 0.259 e. The topological polar surface area (TPSA) is 76.7 Å². The van der Waals surface area contributed by atoms with Crippen LogP contribution in [0.3, 0.4) is 0 Å². The van der Waals surface area contributed by atoms with Crippen molar-refractivity contribution in [1.82, 2.24) is 5.32 Å². The van der Waals surface area contributed by atoms with E-state index in [1.165, 1.54) is 6.07 Å². The van der Waals surface area contributed by atoms with Gasteiger partial charge in [0.25, 0.3) is 11.8 Å². The molecule has 0 saturated carbocycles. The van der Waals surface area contributed by atoms with Gasteiger partial charge in [0.2, 0.25) is 0 Å². The number of methoxy groups -OCH3 is 1. The molecule has 0 atom stereocenters. The minimum absolute atomic E-state index is 0.233. The Labute approximate surface area is 179 Å². The van der Waals surface area contributed by atoms with Gasteiger partial charge in [0.05, 0.1) is 22.8 Å². The zero-order valence-corrected chi connectivity index (χ0v) is 17.1. The second-order valence-electron chi connectivity index (χ2n) is 6.31. The third kappa shape index (κ3) is 5.59. The maximum absolute atomic E-state index is 12.8. The van der Waals surface area contributed by atoms with Crippen LogP contribution in [0.25, 0.3) is 0 Å². The number of amides is 2. The number of carbonyl (C=O) groups is 2. The molecule has 154 valence electrons. The lowest BCUT2D eigenvalue weighted by Gasteiger charge is -2.12. The summed E-state index contributed by atoms with van der Waals surface area (Å²) in [6.45, 7) is 0.782. The molecule has 3 aromatic carbocycles. The molecule has 30 heavy (non-hydrogen) atoms. The first-order valence-electron chi connectivity index (χ1n) is 9.28. The van der Waals surface area contributed by atoms with Crippen molar-refractivity contribution in [3.8, 4) is 11.5 Å². The van der Waals surface area contributed by atoms with E-state index in [1.54, 1.807) is 43.5 Å². The van der Waals surface area contributed by atoms with Gasteiger partial charge in [0.1, 0.15) is 11.5 Å². The summed E-state index contributed by atoms with van der Waals surface area (Å²) in [5.74, 6) is 0.400. The average molecular weight is 425 g/mol. The zero-order valence-electron chi connectivity index (χ0n) is 16.4. The van der Waals surface area contributed by atoms with E-state index >= 15 is 0 Å². The summed E-state index contributed by atoms with van der Waals surface area (Å²) in [4.78, 5) is 25.0. The highest BCUT2D eigenvalue weighted by atomic mass is 35.5. The molecular formula is C23H21ClN2O4. The van der Waals surface area contributed by atoms with Gasteiger partial charge in [-0.05, 0) is 42.5 Å². The van der Waals surface area contributed by atoms with Crippen molar-refractivity contribution in [1.29, 1.82) is 0 Å². The van der Waals surface area contributed by atoms with Crippen molar-refractivity contribution in [2.75, 3.05) is 25.6 Å². The third-order valence-corrected chi connectivity index (χ3v) is 4.48. The lowest BCUT2D eigenvalue weighted by atomic mass is 10.1. The van der Waals surface area contributed by atoms with Crippen LogP contribution in [-0.4, -0.2) is 32.1 Å². The highest BCUT2D eigenvalue weighted by molar-refractivity contribution is 6.34. The Morgan fingerprint density at radius 3 is 2.37 bits per heavy atom. The van der Waals surface area contributed by atoms with Gasteiger partial charge in [-0.2, -0.15) is 0 Å². The number of hydrogen-bond acceptors (Lipinski definition) is 4. The maximum atomic E-state index is 12.8. The van der Waals surface area contributed by atoms with Crippen LogP contribution in [0, 0.1) is 0 Å². The molecule has 0 fully saturated rings. The molecule has 0 unspecified atom stereocenters. The monoisotopic (exact) mass is 424 g/mol. The summed E-state index contributed by atoms with van der Waals surface area (Å²) < 4.78 is 10.7. The number of anilines is 1. The van der Waals surface area contributed by atoms with Crippen molar-refractivity contribution in [2.24, 2.45) is 0 Å². The number of ether oxygens (including phenoxy) is 2. The van der Waals surface area contributed by atoms with Gasteiger partial charge in [-0.3, -0.25) is 9.59 Å². The lowest BCUT2D eigenvalue weighted by molar-refractivity contribution is 0.0936. The van der Waals surface area contributed by atoms with Gasteiger partial charge in [-0.1, -0.05) is 41.9 Å². The molecule has 0 aromatic heterocycles. The van der Waals surface area contributed by atoms with Gasteiger partial charge in [0, 0.05) is 19.3 Å². The Kier molecular flexibility index (Phi) is 7.43. The first-order valence-corrected chi connectivity index (χ1v) is 9.66. The Morgan fingerprint density at radius 1 is 0.900 bits per heavy atom. The number of rotatable bonds is 8. The van der Waals surface area contributed by atoms with E-state index in [0.717, 1.165) is 0 Å². The first-order chi connectivity index (χ1) is 14.6. The van der Waals surface area contributed by atoms with E-state index in [9.17, 15) is 9.59 Å². The quantitative estimate of drug-likeness (QED) is 0.511. The normalized spacial score (nSPS) is 10.3. The second-order valence-corrected chi connectivity index (χ2v) is 6.72. The van der Waals surface area contributed by atoms with E-state index in [1.807, 2.05) is 30.3 Å². The summed E-state index contributed by atoms with van der Waals surface area (Å²) in [5.41, 5.74) is 1.16. The lowest BCUT2D eigenvalue weighted by Crippen LogP contribution is -2.27. The fourth-order valence-corrected chi connectivity index (χ4v) is 2.96. The van der Waals surface area contributed by atoms with E-state index < -0.39 is 0 Å². The number of nitrogens with one attached hydrogen (secondary N) is 2. The van der Waals surface area contributed by atoms with Gasteiger partial charge < -0.3 is 20.1 Å². The fraction of sp³-hybridized carbons (Fsp3) is 0.130.